The number of aryl methyl sites for hydroxylation is 1. The second kappa shape index (κ2) is 7.89. The van der Waals surface area contributed by atoms with E-state index in [4.69, 9.17) is 11.6 Å². The van der Waals surface area contributed by atoms with Crippen molar-refractivity contribution in [1.29, 1.82) is 0 Å². The van der Waals surface area contributed by atoms with Crippen LogP contribution < -0.4 is 0 Å². The van der Waals surface area contributed by atoms with E-state index in [1.54, 1.807) is 0 Å². The number of halogens is 7. The van der Waals surface area contributed by atoms with Crippen molar-refractivity contribution in [3.05, 3.63) is 51.6 Å². The van der Waals surface area contributed by atoms with Crippen molar-refractivity contribution in [1.82, 2.24) is 14.7 Å². The Labute approximate surface area is 167 Å². The van der Waals surface area contributed by atoms with Gasteiger partial charge in [0.15, 0.2) is 0 Å². The molecule has 0 aliphatic heterocycles. The minimum atomic E-state index is -4.70. The number of carbonyl (C=O) groups is 1. The third-order valence-corrected chi connectivity index (χ3v) is 4.83. The molecule has 1 aromatic heterocycles. The van der Waals surface area contributed by atoms with Gasteiger partial charge in [-0.2, -0.15) is 22.7 Å². The molecule has 2 aromatic rings. The van der Waals surface area contributed by atoms with Crippen LogP contribution >= 0.6 is 11.6 Å². The summed E-state index contributed by atoms with van der Waals surface area (Å²) in [7, 11) is 0. The average Bonchev–Trinajstić information content (AvgIpc) is 3.40. The summed E-state index contributed by atoms with van der Waals surface area (Å²) < 4.78 is 81.8. The van der Waals surface area contributed by atoms with Crippen LogP contribution in [0.15, 0.2) is 18.2 Å². The Morgan fingerprint density at radius 2 is 2.00 bits per heavy atom. The number of hydrogen-bond acceptors (Lipinski definition) is 2. The van der Waals surface area contributed by atoms with E-state index in [9.17, 15) is 31.1 Å². The third-order valence-electron chi connectivity index (χ3n) is 4.60. The minimum Gasteiger partial charge on any atom is -0.331 e. The number of alkyl halides is 5. The molecular weight excluding hydrogens is 424 g/mol. The molecule has 0 radical (unpaired) electrons. The Kier molecular flexibility index (Phi) is 5.84. The molecule has 11 heteroatoms. The summed E-state index contributed by atoms with van der Waals surface area (Å²) in [6.45, 7) is 0.826. The van der Waals surface area contributed by atoms with E-state index in [0.29, 0.717) is 17.5 Å². The number of benzene rings is 1. The molecule has 1 fully saturated rings. The molecule has 0 atom stereocenters. The summed E-state index contributed by atoms with van der Waals surface area (Å²) in [5.74, 6) is -2.35. The molecule has 3 rings (SSSR count). The highest BCUT2D eigenvalue weighted by molar-refractivity contribution is 6.30. The first kappa shape index (κ1) is 21.5. The second-order valence-corrected chi connectivity index (χ2v) is 7.07. The molecule has 1 saturated carbocycles. The minimum absolute atomic E-state index is 0.0226. The van der Waals surface area contributed by atoms with Crippen molar-refractivity contribution in [3.63, 3.8) is 0 Å². The molecule has 0 spiro atoms. The topological polar surface area (TPSA) is 38.1 Å². The van der Waals surface area contributed by atoms with E-state index in [2.05, 4.69) is 5.10 Å². The van der Waals surface area contributed by atoms with E-state index in [1.165, 1.54) is 6.92 Å². The maximum Gasteiger partial charge on any atom is 0.416 e. The lowest BCUT2D eigenvalue weighted by Crippen LogP contribution is -2.34. The van der Waals surface area contributed by atoms with Gasteiger partial charge in [-0.25, -0.2) is 13.5 Å². The fraction of sp³-hybridized carbons (Fsp3) is 0.444. The van der Waals surface area contributed by atoms with E-state index >= 15 is 0 Å². The number of hydrogen-bond donors (Lipinski definition) is 0. The smallest absolute Gasteiger partial charge is 0.331 e. The largest absolute Gasteiger partial charge is 0.416 e. The first-order valence-electron chi connectivity index (χ1n) is 8.75. The zero-order valence-corrected chi connectivity index (χ0v) is 15.9. The van der Waals surface area contributed by atoms with Crippen LogP contribution in [0.2, 0.25) is 5.02 Å². The predicted molar refractivity (Wildman–Crippen MR) is 92.2 cm³/mol. The fourth-order valence-corrected chi connectivity index (χ4v) is 3.26. The van der Waals surface area contributed by atoms with E-state index in [1.807, 2.05) is 0 Å². The Morgan fingerprint density at radius 3 is 2.52 bits per heavy atom. The summed E-state index contributed by atoms with van der Waals surface area (Å²) in [4.78, 5) is 13.9. The molecule has 0 unspecified atom stereocenters. The van der Waals surface area contributed by atoms with Crippen molar-refractivity contribution >= 4 is 17.5 Å². The van der Waals surface area contributed by atoms with Crippen molar-refractivity contribution in [3.8, 4) is 0 Å². The van der Waals surface area contributed by atoms with Crippen LogP contribution in [-0.2, 0) is 19.3 Å². The molecule has 29 heavy (non-hydrogen) atoms. The standard InChI is InChI=1S/C18H16ClF6N3O/c1-2-28-16(22)13(14(26-28)15(20)21)17(29)27(11-4-5-11)8-9-7-10(19)3-6-12(9)18(23,24)25/h3,6-7,11,15H,2,4-5,8H2,1H3. The molecule has 158 valence electrons. The van der Waals surface area contributed by atoms with Crippen LogP contribution in [0.1, 0.15) is 53.4 Å². The highest BCUT2D eigenvalue weighted by Gasteiger charge is 2.40. The Bertz CT molecular complexity index is 923. The zero-order chi connectivity index (χ0) is 21.5. The molecular formula is C18H16ClF6N3O. The molecule has 0 saturated heterocycles. The number of carbonyl (C=O) groups excluding carboxylic acids is 1. The maximum atomic E-state index is 14.5. The highest BCUT2D eigenvalue weighted by atomic mass is 35.5. The van der Waals surface area contributed by atoms with E-state index in [-0.39, 0.29) is 17.1 Å². The normalized spacial score (nSPS) is 14.5. The van der Waals surface area contributed by atoms with Gasteiger partial charge in [0.05, 0.1) is 5.56 Å². The Morgan fingerprint density at radius 1 is 1.34 bits per heavy atom. The van der Waals surface area contributed by atoms with Gasteiger partial charge in [0, 0.05) is 24.2 Å². The lowest BCUT2D eigenvalue weighted by Gasteiger charge is -2.24. The molecule has 1 heterocycles. The van der Waals surface area contributed by atoms with Crippen molar-refractivity contribution in [2.24, 2.45) is 0 Å². The van der Waals surface area contributed by atoms with Gasteiger partial charge in [0.1, 0.15) is 11.3 Å². The molecule has 0 bridgehead atoms. The maximum absolute atomic E-state index is 14.5. The van der Waals surface area contributed by atoms with Crippen LogP contribution in [-0.4, -0.2) is 26.6 Å². The van der Waals surface area contributed by atoms with Crippen LogP contribution in [0.25, 0.3) is 0 Å². The van der Waals surface area contributed by atoms with Gasteiger partial charge in [0.2, 0.25) is 5.95 Å². The molecule has 1 aromatic carbocycles. The van der Waals surface area contributed by atoms with Gasteiger partial charge in [-0.15, -0.1) is 0 Å². The monoisotopic (exact) mass is 439 g/mol. The summed E-state index contributed by atoms with van der Waals surface area (Å²) in [6, 6.07) is 2.44. The van der Waals surface area contributed by atoms with Gasteiger partial charge in [-0.1, -0.05) is 11.6 Å². The lowest BCUT2D eigenvalue weighted by molar-refractivity contribution is -0.138. The van der Waals surface area contributed by atoms with Crippen LogP contribution in [0.5, 0.6) is 0 Å². The summed E-state index contributed by atoms with van der Waals surface area (Å²) in [5, 5.41) is 3.45. The quantitative estimate of drug-likeness (QED) is 0.561. The first-order valence-corrected chi connectivity index (χ1v) is 9.13. The Balaban J connectivity index is 2.03. The van der Waals surface area contributed by atoms with E-state index in [0.717, 1.165) is 23.1 Å². The van der Waals surface area contributed by atoms with Crippen molar-refractivity contribution in [2.45, 2.75) is 51.5 Å². The molecule has 4 nitrogen and oxygen atoms in total. The summed E-state index contributed by atoms with van der Waals surface area (Å²) in [6.07, 6.45) is -6.97. The summed E-state index contributed by atoms with van der Waals surface area (Å²) >= 11 is 5.81. The molecule has 1 aliphatic rings. The van der Waals surface area contributed by atoms with Gasteiger partial charge < -0.3 is 4.90 Å². The van der Waals surface area contributed by atoms with Crippen molar-refractivity contribution in [2.75, 3.05) is 0 Å². The molecule has 0 N–H and O–H groups in total. The second-order valence-electron chi connectivity index (χ2n) is 6.63. The van der Waals surface area contributed by atoms with Crippen LogP contribution in [0.4, 0.5) is 26.3 Å². The average molecular weight is 440 g/mol. The predicted octanol–water partition coefficient (Wildman–Crippen LogP) is 5.46. The van der Waals surface area contributed by atoms with Gasteiger partial charge in [-0.05, 0) is 43.5 Å². The summed E-state index contributed by atoms with van der Waals surface area (Å²) in [5.41, 5.74) is -3.24. The fourth-order valence-electron chi connectivity index (χ4n) is 3.07. The third kappa shape index (κ3) is 4.36. The number of rotatable bonds is 6. The number of amides is 1. The van der Waals surface area contributed by atoms with Gasteiger partial charge in [0.25, 0.3) is 12.3 Å². The number of nitrogens with zero attached hydrogens (tertiary/aromatic N) is 3. The van der Waals surface area contributed by atoms with Gasteiger partial charge >= 0.3 is 6.18 Å². The number of aromatic nitrogens is 2. The van der Waals surface area contributed by atoms with Crippen molar-refractivity contribution < 1.29 is 31.1 Å². The highest BCUT2D eigenvalue weighted by Crippen LogP contribution is 2.37. The van der Waals surface area contributed by atoms with E-state index < -0.39 is 53.9 Å². The molecule has 1 amide bonds. The van der Waals surface area contributed by atoms with Gasteiger partial charge in [-0.3, -0.25) is 4.79 Å². The first-order chi connectivity index (χ1) is 13.5. The zero-order valence-electron chi connectivity index (χ0n) is 15.1. The molecule has 1 aliphatic carbocycles. The Hall–Kier alpha value is -2.23. The lowest BCUT2D eigenvalue weighted by atomic mass is 10.1. The van der Waals surface area contributed by atoms with Crippen LogP contribution in [0, 0.1) is 5.95 Å². The SMILES string of the molecule is CCn1nc(C(F)F)c(C(=O)N(Cc2cc(Cl)ccc2C(F)(F)F)C2CC2)c1F. The van der Waals surface area contributed by atoms with Crippen LogP contribution in [0.3, 0.4) is 0 Å².